The summed E-state index contributed by atoms with van der Waals surface area (Å²) in [5, 5.41) is 0. The molecule has 0 fully saturated rings. The third-order valence-corrected chi connectivity index (χ3v) is 4.93. The molecule has 1 aromatic carbocycles. The summed E-state index contributed by atoms with van der Waals surface area (Å²) in [6.07, 6.45) is 0.621. The Morgan fingerprint density at radius 1 is 1.30 bits per heavy atom. The highest BCUT2D eigenvalue weighted by Gasteiger charge is 2.13. The summed E-state index contributed by atoms with van der Waals surface area (Å²) >= 11 is 0. The molecule has 114 valence electrons. The second kappa shape index (κ2) is 7.61. The molecule has 0 spiro atoms. The minimum Gasteiger partial charge on any atom is -0.383 e. The van der Waals surface area contributed by atoms with E-state index in [4.69, 9.17) is 10.5 Å². The molecule has 0 saturated carbocycles. The van der Waals surface area contributed by atoms with Crippen LogP contribution in [0.25, 0.3) is 0 Å². The number of nitrogens with two attached hydrogens (primary N) is 1. The quantitative estimate of drug-likeness (QED) is 0.783. The zero-order chi connectivity index (χ0) is 15.2. The Balaban J connectivity index is 2.76. The highest BCUT2D eigenvalue weighted by atomic mass is 32.2. The van der Waals surface area contributed by atoms with Crippen molar-refractivity contribution in [2.45, 2.75) is 24.3 Å². The first kappa shape index (κ1) is 16.9. The van der Waals surface area contributed by atoms with Crippen LogP contribution in [0.3, 0.4) is 0 Å². The summed E-state index contributed by atoms with van der Waals surface area (Å²) in [7, 11) is 0.392. The molecule has 0 heterocycles. The molecule has 5 nitrogen and oxygen atoms in total. The van der Waals surface area contributed by atoms with Crippen LogP contribution in [0.15, 0.2) is 29.2 Å². The predicted molar refractivity (Wildman–Crippen MR) is 81.9 cm³/mol. The Labute approximate surface area is 121 Å². The Morgan fingerprint density at radius 2 is 1.90 bits per heavy atom. The SMILES string of the molecule is CCCS(=O)(=O)c1ccc(N(C)CC(N)COC)cc1. The molecule has 2 N–H and O–H groups in total. The molecule has 0 aliphatic heterocycles. The molecule has 1 atom stereocenters. The summed E-state index contributed by atoms with van der Waals surface area (Å²) in [6.45, 7) is 3.00. The Hall–Kier alpha value is -1.11. The number of benzene rings is 1. The first-order chi connectivity index (χ1) is 9.40. The molecule has 1 aromatic rings. The third kappa shape index (κ3) is 4.77. The van der Waals surface area contributed by atoms with Crippen LogP contribution in [0.4, 0.5) is 5.69 Å². The second-order valence-electron chi connectivity index (χ2n) is 4.91. The van der Waals surface area contributed by atoms with Crippen molar-refractivity contribution in [3.05, 3.63) is 24.3 Å². The van der Waals surface area contributed by atoms with Crippen molar-refractivity contribution in [2.75, 3.05) is 38.0 Å². The molecule has 0 radical (unpaired) electrons. The fourth-order valence-electron chi connectivity index (χ4n) is 2.02. The predicted octanol–water partition coefficient (Wildman–Crippen LogP) is 1.28. The van der Waals surface area contributed by atoms with Crippen molar-refractivity contribution in [3.63, 3.8) is 0 Å². The maximum atomic E-state index is 11.9. The number of ether oxygens (including phenoxy) is 1. The lowest BCUT2D eigenvalue weighted by molar-refractivity contribution is 0.181. The van der Waals surface area contributed by atoms with Gasteiger partial charge in [-0.05, 0) is 30.7 Å². The normalized spacial score (nSPS) is 13.2. The fourth-order valence-corrected chi connectivity index (χ4v) is 3.34. The van der Waals surface area contributed by atoms with Gasteiger partial charge in [-0.25, -0.2) is 8.42 Å². The lowest BCUT2D eigenvalue weighted by atomic mass is 10.2. The van der Waals surface area contributed by atoms with Gasteiger partial charge >= 0.3 is 0 Å². The molecule has 6 heteroatoms. The third-order valence-electron chi connectivity index (χ3n) is 3.00. The number of hydrogen-bond acceptors (Lipinski definition) is 5. The summed E-state index contributed by atoms with van der Waals surface area (Å²) in [5.74, 6) is 0.181. The van der Waals surface area contributed by atoms with Crippen molar-refractivity contribution in [3.8, 4) is 0 Å². The van der Waals surface area contributed by atoms with E-state index in [1.807, 2.05) is 31.0 Å². The molecule has 0 bridgehead atoms. The van der Waals surface area contributed by atoms with Crippen LogP contribution in [-0.2, 0) is 14.6 Å². The number of methoxy groups -OCH3 is 1. The zero-order valence-electron chi connectivity index (χ0n) is 12.4. The van der Waals surface area contributed by atoms with Crippen LogP contribution in [-0.4, -0.2) is 47.5 Å². The van der Waals surface area contributed by atoms with E-state index in [9.17, 15) is 8.42 Å². The maximum absolute atomic E-state index is 11.9. The molecule has 1 unspecified atom stereocenters. The van der Waals surface area contributed by atoms with Crippen molar-refractivity contribution in [1.82, 2.24) is 0 Å². The first-order valence-corrected chi connectivity index (χ1v) is 8.34. The highest BCUT2D eigenvalue weighted by Crippen LogP contribution is 2.18. The molecule has 0 amide bonds. The summed E-state index contributed by atoms with van der Waals surface area (Å²) in [5.41, 5.74) is 6.84. The van der Waals surface area contributed by atoms with Gasteiger partial charge in [-0.15, -0.1) is 0 Å². The number of sulfone groups is 1. The largest absolute Gasteiger partial charge is 0.383 e. The van der Waals surface area contributed by atoms with Gasteiger partial charge in [0.2, 0.25) is 0 Å². The van der Waals surface area contributed by atoms with Crippen LogP contribution in [0.5, 0.6) is 0 Å². The minimum absolute atomic E-state index is 0.0755. The van der Waals surface area contributed by atoms with Gasteiger partial charge < -0.3 is 15.4 Å². The van der Waals surface area contributed by atoms with E-state index in [1.54, 1.807) is 19.2 Å². The zero-order valence-corrected chi connectivity index (χ0v) is 13.2. The average molecular weight is 300 g/mol. The summed E-state index contributed by atoms with van der Waals surface area (Å²) < 4.78 is 28.9. The smallest absolute Gasteiger partial charge is 0.178 e. The molecule has 20 heavy (non-hydrogen) atoms. The van der Waals surface area contributed by atoms with Gasteiger partial charge in [0.15, 0.2) is 9.84 Å². The van der Waals surface area contributed by atoms with Gasteiger partial charge in [0.05, 0.1) is 17.3 Å². The van der Waals surface area contributed by atoms with Crippen molar-refractivity contribution in [2.24, 2.45) is 5.73 Å². The lowest BCUT2D eigenvalue weighted by Crippen LogP contribution is -2.38. The molecule has 0 aromatic heterocycles. The Bertz CT molecular complexity index is 500. The first-order valence-electron chi connectivity index (χ1n) is 6.69. The van der Waals surface area contributed by atoms with Crippen LogP contribution in [0.2, 0.25) is 0 Å². The van der Waals surface area contributed by atoms with Gasteiger partial charge in [0.25, 0.3) is 0 Å². The van der Waals surface area contributed by atoms with Crippen molar-refractivity contribution >= 4 is 15.5 Å². The van der Waals surface area contributed by atoms with Crippen LogP contribution < -0.4 is 10.6 Å². The average Bonchev–Trinajstić information content (AvgIpc) is 2.39. The number of nitrogens with zero attached hydrogens (tertiary/aromatic N) is 1. The van der Waals surface area contributed by atoms with Crippen molar-refractivity contribution < 1.29 is 13.2 Å². The number of likely N-dealkylation sites (N-methyl/N-ethyl adjacent to an activating group) is 1. The van der Waals surface area contributed by atoms with E-state index >= 15 is 0 Å². The van der Waals surface area contributed by atoms with E-state index in [1.165, 1.54) is 0 Å². The standard InChI is InChI=1S/C14H24N2O3S/c1-4-9-20(17,18)14-7-5-13(6-8-14)16(2)10-12(15)11-19-3/h5-8,12H,4,9-11,15H2,1-3H3. The molecule has 0 aliphatic carbocycles. The molecule has 0 saturated heterocycles. The van der Waals surface area contributed by atoms with E-state index in [-0.39, 0.29) is 11.8 Å². The topological polar surface area (TPSA) is 72.6 Å². The van der Waals surface area contributed by atoms with E-state index in [0.717, 1.165) is 5.69 Å². The minimum atomic E-state index is -3.15. The van der Waals surface area contributed by atoms with Crippen molar-refractivity contribution in [1.29, 1.82) is 0 Å². The summed E-state index contributed by atoms with van der Waals surface area (Å²) in [4.78, 5) is 2.36. The molecule has 1 rings (SSSR count). The van der Waals surface area contributed by atoms with Gasteiger partial charge in [-0.1, -0.05) is 6.92 Å². The fraction of sp³-hybridized carbons (Fsp3) is 0.571. The molecule has 0 aliphatic rings. The van der Waals surface area contributed by atoms with Gasteiger partial charge in [-0.3, -0.25) is 0 Å². The number of rotatable bonds is 8. The second-order valence-corrected chi connectivity index (χ2v) is 7.02. The van der Waals surface area contributed by atoms with Crippen LogP contribution >= 0.6 is 0 Å². The highest BCUT2D eigenvalue weighted by molar-refractivity contribution is 7.91. The van der Waals surface area contributed by atoms with E-state index in [0.29, 0.717) is 24.5 Å². The number of anilines is 1. The van der Waals surface area contributed by atoms with Crippen LogP contribution in [0.1, 0.15) is 13.3 Å². The van der Waals surface area contributed by atoms with Gasteiger partial charge in [0, 0.05) is 32.4 Å². The summed E-state index contributed by atoms with van der Waals surface area (Å²) in [6, 6.07) is 6.84. The molecular formula is C14H24N2O3S. The Morgan fingerprint density at radius 3 is 2.40 bits per heavy atom. The Kier molecular flexibility index (Phi) is 6.45. The van der Waals surface area contributed by atoms with Gasteiger partial charge in [0.1, 0.15) is 0 Å². The monoisotopic (exact) mass is 300 g/mol. The number of hydrogen-bond donors (Lipinski definition) is 1. The van der Waals surface area contributed by atoms with Crippen LogP contribution in [0, 0.1) is 0 Å². The van der Waals surface area contributed by atoms with E-state index in [2.05, 4.69) is 0 Å². The maximum Gasteiger partial charge on any atom is 0.178 e. The molecular weight excluding hydrogens is 276 g/mol. The lowest BCUT2D eigenvalue weighted by Gasteiger charge is -2.23. The van der Waals surface area contributed by atoms with E-state index < -0.39 is 9.84 Å². The van der Waals surface area contributed by atoms with Gasteiger partial charge in [-0.2, -0.15) is 0 Å².